The molecule has 4 heteroatoms. The van der Waals surface area contributed by atoms with Gasteiger partial charge in [0.25, 0.3) is 0 Å². The number of rotatable bonds is 5. The highest BCUT2D eigenvalue weighted by Crippen LogP contribution is 1.83. The molecule has 0 aromatic rings. The van der Waals surface area contributed by atoms with E-state index in [1.165, 1.54) is 0 Å². The van der Waals surface area contributed by atoms with E-state index in [1.54, 1.807) is 18.6 Å². The molecule has 62 valence electrons. The first-order chi connectivity index (χ1) is 5.31. The summed E-state index contributed by atoms with van der Waals surface area (Å²) in [5, 5.41) is 4.08. The summed E-state index contributed by atoms with van der Waals surface area (Å²) in [6.45, 7) is 0.559. The molecule has 0 spiro atoms. The molecule has 0 saturated heterocycles. The summed E-state index contributed by atoms with van der Waals surface area (Å²) in [5.41, 5.74) is 0. The van der Waals surface area contributed by atoms with Crippen LogP contribution in [0.25, 0.3) is 0 Å². The number of hydrogen-bond acceptors (Lipinski definition) is 3. The minimum absolute atomic E-state index is 0.0406. The standard InChI is InChI=1S/C7H12N2OS/c1-8-7(10)3-2-4-9-5-6-11/h4,6H,2-3,5H2,1H3,(H,8,10). The van der Waals surface area contributed by atoms with Crippen molar-refractivity contribution in [3.63, 3.8) is 0 Å². The molecule has 0 bridgehead atoms. The van der Waals surface area contributed by atoms with E-state index in [2.05, 4.69) is 22.5 Å². The van der Waals surface area contributed by atoms with Gasteiger partial charge < -0.3 is 5.32 Å². The Morgan fingerprint density at radius 2 is 2.45 bits per heavy atom. The Bertz CT molecular complexity index is 157. The van der Waals surface area contributed by atoms with Gasteiger partial charge in [0, 0.05) is 18.8 Å². The number of thiocarbonyl (C=S) groups is 1. The van der Waals surface area contributed by atoms with Crippen molar-refractivity contribution < 1.29 is 4.79 Å². The average Bonchev–Trinajstić information content (AvgIpc) is 2.04. The van der Waals surface area contributed by atoms with Crippen LogP contribution in [0, 0.1) is 0 Å². The van der Waals surface area contributed by atoms with Crippen LogP contribution in [-0.2, 0) is 4.79 Å². The molecule has 1 N–H and O–H groups in total. The smallest absolute Gasteiger partial charge is 0.220 e. The number of nitrogens with zero attached hydrogens (tertiary/aromatic N) is 1. The summed E-state index contributed by atoms with van der Waals surface area (Å²) >= 11 is 4.56. The maximum absolute atomic E-state index is 10.6. The predicted molar refractivity (Wildman–Crippen MR) is 50.3 cm³/mol. The monoisotopic (exact) mass is 172 g/mol. The minimum Gasteiger partial charge on any atom is -0.359 e. The third-order valence-electron chi connectivity index (χ3n) is 1.09. The van der Waals surface area contributed by atoms with Gasteiger partial charge in [-0.3, -0.25) is 9.79 Å². The number of carbonyl (C=O) groups excluding carboxylic acids is 1. The first-order valence-corrected chi connectivity index (χ1v) is 3.91. The van der Waals surface area contributed by atoms with E-state index >= 15 is 0 Å². The Morgan fingerprint density at radius 1 is 1.73 bits per heavy atom. The maximum Gasteiger partial charge on any atom is 0.220 e. The number of amides is 1. The molecule has 0 heterocycles. The van der Waals surface area contributed by atoms with Crippen LogP contribution in [0.3, 0.4) is 0 Å². The van der Waals surface area contributed by atoms with Gasteiger partial charge in [0.05, 0.1) is 6.54 Å². The quantitative estimate of drug-likeness (QED) is 0.487. The van der Waals surface area contributed by atoms with Gasteiger partial charge in [-0.15, -0.1) is 0 Å². The molecule has 0 unspecified atom stereocenters. The van der Waals surface area contributed by atoms with Crippen molar-refractivity contribution in [2.24, 2.45) is 4.99 Å². The number of nitrogens with one attached hydrogen (secondary N) is 1. The molecule has 0 fully saturated rings. The lowest BCUT2D eigenvalue weighted by Crippen LogP contribution is -2.17. The SMILES string of the molecule is CNC(=O)CCC=NCC=S. The topological polar surface area (TPSA) is 41.5 Å². The Labute approximate surface area is 71.9 Å². The van der Waals surface area contributed by atoms with E-state index in [1.807, 2.05) is 0 Å². The van der Waals surface area contributed by atoms with Crippen LogP contribution >= 0.6 is 12.2 Å². The Balaban J connectivity index is 3.25. The van der Waals surface area contributed by atoms with Gasteiger partial charge in [0.1, 0.15) is 0 Å². The van der Waals surface area contributed by atoms with Gasteiger partial charge >= 0.3 is 0 Å². The molecule has 0 aromatic carbocycles. The predicted octanol–water partition coefficient (Wildman–Crippen LogP) is 0.583. The normalized spacial score (nSPS) is 9.91. The van der Waals surface area contributed by atoms with Crippen LogP contribution in [0.1, 0.15) is 12.8 Å². The number of aliphatic imine (C=N–C) groups is 1. The van der Waals surface area contributed by atoms with Crippen molar-refractivity contribution in [2.45, 2.75) is 12.8 Å². The van der Waals surface area contributed by atoms with Crippen LogP contribution in [0.5, 0.6) is 0 Å². The summed E-state index contributed by atoms with van der Waals surface area (Å²) in [6, 6.07) is 0. The fraction of sp³-hybridized carbons (Fsp3) is 0.571. The largest absolute Gasteiger partial charge is 0.359 e. The van der Waals surface area contributed by atoms with Crippen molar-refractivity contribution in [1.29, 1.82) is 0 Å². The highest BCUT2D eigenvalue weighted by molar-refractivity contribution is 7.79. The highest BCUT2D eigenvalue weighted by atomic mass is 32.1. The molecule has 0 aliphatic carbocycles. The van der Waals surface area contributed by atoms with E-state index in [9.17, 15) is 4.79 Å². The second-order valence-corrected chi connectivity index (χ2v) is 2.26. The molecule has 11 heavy (non-hydrogen) atoms. The Kier molecular flexibility index (Phi) is 6.82. The van der Waals surface area contributed by atoms with Crippen molar-refractivity contribution in [3.8, 4) is 0 Å². The summed E-state index contributed by atoms with van der Waals surface area (Å²) < 4.78 is 0. The van der Waals surface area contributed by atoms with Crippen LogP contribution in [0.2, 0.25) is 0 Å². The lowest BCUT2D eigenvalue weighted by molar-refractivity contribution is -0.120. The van der Waals surface area contributed by atoms with E-state index in [-0.39, 0.29) is 5.91 Å². The molecule has 0 radical (unpaired) electrons. The molecule has 0 aromatic heterocycles. The molecule has 3 nitrogen and oxygen atoms in total. The zero-order valence-electron chi connectivity index (χ0n) is 6.54. The third-order valence-corrected chi connectivity index (χ3v) is 1.24. The summed E-state index contributed by atoms with van der Waals surface area (Å²) in [6.07, 6.45) is 2.90. The van der Waals surface area contributed by atoms with Gasteiger partial charge in [0.2, 0.25) is 5.91 Å². The van der Waals surface area contributed by atoms with Gasteiger partial charge in [0.15, 0.2) is 0 Å². The van der Waals surface area contributed by atoms with E-state index in [4.69, 9.17) is 0 Å². The first-order valence-electron chi connectivity index (χ1n) is 3.43. The summed E-state index contributed by atoms with van der Waals surface area (Å²) in [5.74, 6) is 0.0406. The van der Waals surface area contributed by atoms with Crippen LogP contribution < -0.4 is 5.32 Å². The molecule has 0 rings (SSSR count). The molecule has 1 amide bonds. The highest BCUT2D eigenvalue weighted by Gasteiger charge is 1.92. The van der Waals surface area contributed by atoms with Crippen molar-refractivity contribution in [1.82, 2.24) is 5.32 Å². The molecule has 0 aliphatic heterocycles. The van der Waals surface area contributed by atoms with Crippen molar-refractivity contribution in [2.75, 3.05) is 13.6 Å². The van der Waals surface area contributed by atoms with E-state index in [0.29, 0.717) is 19.4 Å². The zero-order valence-corrected chi connectivity index (χ0v) is 7.36. The summed E-state index contributed by atoms with van der Waals surface area (Å²) in [4.78, 5) is 14.6. The zero-order chi connectivity index (χ0) is 8.53. The van der Waals surface area contributed by atoms with Gasteiger partial charge in [-0.2, -0.15) is 0 Å². The summed E-state index contributed by atoms with van der Waals surface area (Å²) in [7, 11) is 1.62. The molecular weight excluding hydrogens is 160 g/mol. The van der Waals surface area contributed by atoms with Gasteiger partial charge in [-0.05, 0) is 12.6 Å². The second kappa shape index (κ2) is 7.34. The van der Waals surface area contributed by atoms with E-state index in [0.717, 1.165) is 0 Å². The van der Waals surface area contributed by atoms with Gasteiger partial charge in [-0.25, -0.2) is 0 Å². The van der Waals surface area contributed by atoms with Crippen LogP contribution in [-0.4, -0.2) is 31.1 Å². The lowest BCUT2D eigenvalue weighted by atomic mass is 10.3. The fourth-order valence-corrected chi connectivity index (χ4v) is 0.616. The van der Waals surface area contributed by atoms with Crippen molar-refractivity contribution in [3.05, 3.63) is 0 Å². The first kappa shape index (κ1) is 10.2. The van der Waals surface area contributed by atoms with E-state index < -0.39 is 0 Å². The third kappa shape index (κ3) is 7.12. The molecule has 0 saturated carbocycles. The average molecular weight is 172 g/mol. The number of hydrogen-bond donors (Lipinski definition) is 1. The number of carbonyl (C=O) groups is 1. The van der Waals surface area contributed by atoms with Crippen LogP contribution in [0.4, 0.5) is 0 Å². The fourth-order valence-electron chi connectivity index (χ4n) is 0.529. The molecule has 0 aliphatic rings. The van der Waals surface area contributed by atoms with Gasteiger partial charge in [-0.1, -0.05) is 12.2 Å². The molecule has 0 atom stereocenters. The Morgan fingerprint density at radius 3 is 3.00 bits per heavy atom. The van der Waals surface area contributed by atoms with Crippen LogP contribution in [0.15, 0.2) is 4.99 Å². The minimum atomic E-state index is 0.0406. The Hall–Kier alpha value is -0.770. The second-order valence-electron chi connectivity index (χ2n) is 1.93. The lowest BCUT2D eigenvalue weighted by Gasteiger charge is -1.93. The molecular formula is C7H12N2OS. The van der Waals surface area contributed by atoms with Crippen molar-refractivity contribution >= 4 is 29.7 Å². The maximum atomic E-state index is 10.6.